The molecule has 0 radical (unpaired) electrons. The average Bonchev–Trinajstić information content (AvgIpc) is 2.40. The Labute approximate surface area is 127 Å². The lowest BCUT2D eigenvalue weighted by molar-refractivity contribution is 0.0946. The molecule has 2 nitrogen and oxygen atoms in total. The second-order valence-corrected chi connectivity index (χ2v) is 5.67. The number of carbonyl (C=O) groups excluding carboxylic acids is 1. The molecule has 2 rings (SSSR count). The van der Waals surface area contributed by atoms with Crippen LogP contribution in [0.15, 0.2) is 51.4 Å². The number of hydrogen-bond donors (Lipinski definition) is 1. The molecule has 0 aliphatic heterocycles. The number of benzene rings is 2. The summed E-state index contributed by atoms with van der Waals surface area (Å²) < 4.78 is 15.1. The fraction of sp³-hybridized carbons (Fsp3) is 0.0714. The van der Waals surface area contributed by atoms with Gasteiger partial charge >= 0.3 is 0 Å². The van der Waals surface area contributed by atoms with Gasteiger partial charge in [0.2, 0.25) is 0 Å². The van der Waals surface area contributed by atoms with Crippen LogP contribution in [0.3, 0.4) is 0 Å². The van der Waals surface area contributed by atoms with Gasteiger partial charge in [0.15, 0.2) is 0 Å². The molecule has 0 saturated heterocycles. The summed E-state index contributed by atoms with van der Waals surface area (Å²) in [5, 5.41) is 2.69. The molecule has 1 amide bonds. The molecule has 0 unspecified atom stereocenters. The van der Waals surface area contributed by atoms with Gasteiger partial charge in [-0.05, 0) is 29.8 Å². The normalized spacial score (nSPS) is 10.3. The molecule has 2 aromatic rings. The second-order valence-electron chi connectivity index (χ2n) is 3.90. The van der Waals surface area contributed by atoms with Crippen molar-refractivity contribution in [3.05, 3.63) is 68.4 Å². The third kappa shape index (κ3) is 3.64. The van der Waals surface area contributed by atoms with Crippen LogP contribution in [0.1, 0.15) is 15.9 Å². The molecule has 0 saturated carbocycles. The fourth-order valence-electron chi connectivity index (χ4n) is 1.58. The van der Waals surface area contributed by atoms with Crippen LogP contribution in [0.2, 0.25) is 0 Å². The van der Waals surface area contributed by atoms with Crippen LogP contribution in [-0.2, 0) is 6.54 Å². The molecule has 0 aliphatic carbocycles. The number of halogens is 3. The third-order valence-corrected chi connectivity index (χ3v) is 3.84. The van der Waals surface area contributed by atoms with E-state index >= 15 is 0 Å². The molecule has 0 spiro atoms. The summed E-state index contributed by atoms with van der Waals surface area (Å²) in [5.74, 6) is -0.970. The highest BCUT2D eigenvalue weighted by molar-refractivity contribution is 9.10. The fourth-order valence-corrected chi connectivity index (χ4v) is 2.37. The Balaban J connectivity index is 2.10. The van der Waals surface area contributed by atoms with Gasteiger partial charge in [-0.1, -0.05) is 50.1 Å². The summed E-state index contributed by atoms with van der Waals surface area (Å²) in [5.41, 5.74) is 0.965. The topological polar surface area (TPSA) is 29.1 Å². The summed E-state index contributed by atoms with van der Waals surface area (Å²) in [4.78, 5) is 11.9. The van der Waals surface area contributed by atoms with Gasteiger partial charge in [-0.2, -0.15) is 0 Å². The Morgan fingerprint density at radius 1 is 1.16 bits per heavy atom. The highest BCUT2D eigenvalue weighted by Gasteiger charge is 2.12. The number of amides is 1. The van der Waals surface area contributed by atoms with Gasteiger partial charge in [-0.3, -0.25) is 4.79 Å². The molecule has 0 bridgehead atoms. The standard InChI is InChI=1S/C14H10Br2FNO/c15-10-5-6-13(17)11(7-10)14(19)18-8-9-3-1-2-4-12(9)16/h1-7H,8H2,(H,18,19). The highest BCUT2D eigenvalue weighted by atomic mass is 79.9. The van der Waals surface area contributed by atoms with E-state index in [-0.39, 0.29) is 5.56 Å². The van der Waals surface area contributed by atoms with E-state index in [4.69, 9.17) is 0 Å². The molecule has 2 aromatic carbocycles. The molecule has 98 valence electrons. The minimum Gasteiger partial charge on any atom is -0.348 e. The van der Waals surface area contributed by atoms with Crippen LogP contribution in [0.5, 0.6) is 0 Å². The lowest BCUT2D eigenvalue weighted by Crippen LogP contribution is -2.24. The third-order valence-electron chi connectivity index (χ3n) is 2.57. The van der Waals surface area contributed by atoms with E-state index in [2.05, 4.69) is 37.2 Å². The molecular weight excluding hydrogens is 377 g/mol. The van der Waals surface area contributed by atoms with E-state index in [1.54, 1.807) is 6.07 Å². The van der Waals surface area contributed by atoms with Crippen molar-refractivity contribution in [2.45, 2.75) is 6.54 Å². The monoisotopic (exact) mass is 385 g/mol. The predicted octanol–water partition coefficient (Wildman–Crippen LogP) is 4.28. The first-order valence-corrected chi connectivity index (χ1v) is 7.13. The molecule has 0 fully saturated rings. The maximum absolute atomic E-state index is 13.5. The molecule has 1 N–H and O–H groups in total. The largest absolute Gasteiger partial charge is 0.348 e. The molecule has 5 heteroatoms. The van der Waals surface area contributed by atoms with Crippen molar-refractivity contribution in [3.63, 3.8) is 0 Å². The lowest BCUT2D eigenvalue weighted by atomic mass is 10.2. The van der Waals surface area contributed by atoms with E-state index in [9.17, 15) is 9.18 Å². The number of carbonyl (C=O) groups is 1. The first-order chi connectivity index (χ1) is 9.08. The Morgan fingerprint density at radius 3 is 2.63 bits per heavy atom. The van der Waals surface area contributed by atoms with Crippen molar-refractivity contribution in [1.82, 2.24) is 5.32 Å². The quantitative estimate of drug-likeness (QED) is 0.837. The molecule has 0 heterocycles. The van der Waals surface area contributed by atoms with E-state index in [1.807, 2.05) is 24.3 Å². The number of nitrogens with one attached hydrogen (secondary N) is 1. The number of rotatable bonds is 3. The van der Waals surface area contributed by atoms with Crippen molar-refractivity contribution < 1.29 is 9.18 Å². The minimum atomic E-state index is -0.534. The molecule has 0 aromatic heterocycles. The summed E-state index contributed by atoms with van der Waals surface area (Å²) in [6.07, 6.45) is 0. The summed E-state index contributed by atoms with van der Waals surface area (Å²) in [7, 11) is 0. The first-order valence-electron chi connectivity index (χ1n) is 5.54. The summed E-state index contributed by atoms with van der Waals surface area (Å²) >= 11 is 6.61. The Kier molecular flexibility index (Phi) is 4.71. The first kappa shape index (κ1) is 14.2. The Bertz CT molecular complexity index is 616. The highest BCUT2D eigenvalue weighted by Crippen LogP contribution is 2.17. The Hall–Kier alpha value is -1.20. The zero-order valence-electron chi connectivity index (χ0n) is 9.79. The maximum Gasteiger partial charge on any atom is 0.254 e. The van der Waals surface area contributed by atoms with Crippen molar-refractivity contribution in [2.75, 3.05) is 0 Å². The van der Waals surface area contributed by atoms with Gasteiger partial charge in [-0.15, -0.1) is 0 Å². The van der Waals surface area contributed by atoms with Gasteiger partial charge in [0.25, 0.3) is 5.91 Å². The van der Waals surface area contributed by atoms with Gasteiger partial charge < -0.3 is 5.32 Å². The molecule has 0 aliphatic rings. The van der Waals surface area contributed by atoms with Crippen molar-refractivity contribution in [3.8, 4) is 0 Å². The van der Waals surface area contributed by atoms with E-state index < -0.39 is 11.7 Å². The van der Waals surface area contributed by atoms with Crippen LogP contribution in [0.25, 0.3) is 0 Å². The van der Waals surface area contributed by atoms with Crippen molar-refractivity contribution in [2.24, 2.45) is 0 Å². The van der Waals surface area contributed by atoms with Crippen molar-refractivity contribution >= 4 is 37.8 Å². The second kappa shape index (κ2) is 6.30. The average molecular weight is 387 g/mol. The van der Waals surface area contributed by atoms with Crippen LogP contribution in [-0.4, -0.2) is 5.91 Å². The summed E-state index contributed by atoms with van der Waals surface area (Å²) in [6.45, 7) is 0.339. The van der Waals surface area contributed by atoms with Crippen LogP contribution >= 0.6 is 31.9 Å². The van der Waals surface area contributed by atoms with Gasteiger partial charge in [-0.25, -0.2) is 4.39 Å². The van der Waals surface area contributed by atoms with Gasteiger partial charge in [0.05, 0.1) is 5.56 Å². The van der Waals surface area contributed by atoms with E-state index in [0.29, 0.717) is 11.0 Å². The number of hydrogen-bond acceptors (Lipinski definition) is 1. The van der Waals surface area contributed by atoms with Crippen molar-refractivity contribution in [1.29, 1.82) is 0 Å². The predicted molar refractivity (Wildman–Crippen MR) is 79.4 cm³/mol. The minimum absolute atomic E-state index is 0.0291. The SMILES string of the molecule is O=C(NCc1ccccc1Br)c1cc(Br)ccc1F. The van der Waals surface area contributed by atoms with Gasteiger partial charge in [0, 0.05) is 15.5 Å². The zero-order valence-corrected chi connectivity index (χ0v) is 13.0. The smallest absolute Gasteiger partial charge is 0.254 e. The van der Waals surface area contributed by atoms with Crippen LogP contribution < -0.4 is 5.32 Å². The lowest BCUT2D eigenvalue weighted by Gasteiger charge is -2.08. The molecule has 0 atom stereocenters. The van der Waals surface area contributed by atoms with E-state index in [0.717, 1.165) is 10.0 Å². The van der Waals surface area contributed by atoms with Crippen LogP contribution in [0.4, 0.5) is 4.39 Å². The van der Waals surface area contributed by atoms with Crippen LogP contribution in [0, 0.1) is 5.82 Å². The van der Waals surface area contributed by atoms with Gasteiger partial charge in [0.1, 0.15) is 5.82 Å². The Morgan fingerprint density at radius 2 is 1.89 bits per heavy atom. The van der Waals surface area contributed by atoms with E-state index in [1.165, 1.54) is 12.1 Å². The summed E-state index contributed by atoms with van der Waals surface area (Å²) in [6, 6.07) is 11.8. The molecular formula is C14H10Br2FNO. The molecule has 19 heavy (non-hydrogen) atoms. The zero-order chi connectivity index (χ0) is 13.8. The maximum atomic E-state index is 13.5.